The predicted molar refractivity (Wildman–Crippen MR) is 137 cm³/mol. The molecule has 0 saturated carbocycles. The van der Waals surface area contributed by atoms with Crippen molar-refractivity contribution in [1.82, 2.24) is 9.88 Å². The molecule has 0 spiro atoms. The van der Waals surface area contributed by atoms with Crippen LogP contribution in [0.1, 0.15) is 24.8 Å². The van der Waals surface area contributed by atoms with Crippen LogP contribution in [0.5, 0.6) is 5.75 Å². The first-order valence-corrected chi connectivity index (χ1v) is 13.6. The fourth-order valence-electron chi connectivity index (χ4n) is 3.97. The second-order valence-corrected chi connectivity index (χ2v) is 10.8. The molecule has 1 aliphatic heterocycles. The maximum absolute atomic E-state index is 14.0. The lowest BCUT2D eigenvalue weighted by atomic mass is 10.1. The molecule has 11 heteroatoms. The molecule has 2 heterocycles. The van der Waals surface area contributed by atoms with Gasteiger partial charge < -0.3 is 15.4 Å². The molecule has 1 aromatic heterocycles. The van der Waals surface area contributed by atoms with Crippen molar-refractivity contribution < 1.29 is 21.9 Å². The number of nitrogens with one attached hydrogen (secondary N) is 1. The molecule has 1 aliphatic rings. The summed E-state index contributed by atoms with van der Waals surface area (Å²) in [5, 5.41) is -0.355. The second kappa shape index (κ2) is 11.4. The number of nitrogen functional groups attached to an aromatic ring is 1. The lowest BCUT2D eigenvalue weighted by Gasteiger charge is -2.26. The molecular formula is C25H27ClF2N4O3S. The van der Waals surface area contributed by atoms with Crippen LogP contribution in [0.15, 0.2) is 48.7 Å². The number of ether oxygens (including phenoxy) is 1. The first kappa shape index (κ1) is 26.1. The van der Waals surface area contributed by atoms with E-state index >= 15 is 0 Å². The molecule has 1 saturated heterocycles. The Morgan fingerprint density at radius 3 is 2.44 bits per heavy atom. The molecule has 3 aromatic rings. The van der Waals surface area contributed by atoms with E-state index in [1.54, 1.807) is 30.3 Å². The van der Waals surface area contributed by atoms with Crippen LogP contribution < -0.4 is 15.2 Å². The first-order valence-electron chi connectivity index (χ1n) is 11.6. The molecule has 36 heavy (non-hydrogen) atoms. The summed E-state index contributed by atoms with van der Waals surface area (Å²) in [5.41, 5.74) is 7.60. The van der Waals surface area contributed by atoms with Gasteiger partial charge in [-0.3, -0.25) is 4.72 Å². The molecule has 0 unspecified atom stereocenters. The summed E-state index contributed by atoms with van der Waals surface area (Å²) in [5.74, 6) is -1.16. The summed E-state index contributed by atoms with van der Waals surface area (Å²) in [6.45, 7) is 2.06. The smallest absolute Gasteiger partial charge is 0.233 e. The van der Waals surface area contributed by atoms with Crippen molar-refractivity contribution in [3.05, 3.63) is 70.9 Å². The van der Waals surface area contributed by atoms with Gasteiger partial charge in [-0.1, -0.05) is 30.2 Å². The zero-order valence-corrected chi connectivity index (χ0v) is 21.1. The zero-order chi connectivity index (χ0) is 25.7. The summed E-state index contributed by atoms with van der Waals surface area (Å²) >= 11 is 5.86. The topological polar surface area (TPSA) is 97.5 Å². The van der Waals surface area contributed by atoms with E-state index in [9.17, 15) is 17.2 Å². The van der Waals surface area contributed by atoms with E-state index in [0.717, 1.165) is 43.6 Å². The molecule has 0 radical (unpaired) electrons. The van der Waals surface area contributed by atoms with Gasteiger partial charge in [-0.05, 0) is 61.8 Å². The van der Waals surface area contributed by atoms with Gasteiger partial charge in [0.15, 0.2) is 11.6 Å². The van der Waals surface area contributed by atoms with E-state index in [-0.39, 0.29) is 34.5 Å². The Bertz CT molecular complexity index is 1320. The summed E-state index contributed by atoms with van der Waals surface area (Å²) in [6.07, 6.45) is 4.95. The first-order chi connectivity index (χ1) is 17.2. The van der Waals surface area contributed by atoms with Gasteiger partial charge in [-0.15, -0.1) is 0 Å². The molecule has 0 bridgehead atoms. The fourth-order valence-corrected chi connectivity index (χ4v) is 5.28. The van der Waals surface area contributed by atoms with Gasteiger partial charge in [0.1, 0.15) is 18.2 Å². The Labute approximate surface area is 214 Å². The number of benzene rings is 2. The van der Waals surface area contributed by atoms with E-state index in [1.165, 1.54) is 12.6 Å². The maximum Gasteiger partial charge on any atom is 0.233 e. The van der Waals surface area contributed by atoms with Crippen molar-refractivity contribution in [2.24, 2.45) is 0 Å². The lowest BCUT2D eigenvalue weighted by Crippen LogP contribution is -2.35. The Hall–Kier alpha value is -2.95. The molecule has 0 atom stereocenters. The van der Waals surface area contributed by atoms with E-state index < -0.39 is 21.7 Å². The van der Waals surface area contributed by atoms with Gasteiger partial charge >= 0.3 is 0 Å². The number of nitrogens with two attached hydrogens (primary N) is 1. The third-order valence-electron chi connectivity index (χ3n) is 6.01. The highest BCUT2D eigenvalue weighted by molar-refractivity contribution is 7.92. The highest BCUT2D eigenvalue weighted by Gasteiger charge is 2.17. The van der Waals surface area contributed by atoms with Gasteiger partial charge in [0.05, 0.1) is 10.8 Å². The average Bonchev–Trinajstić information content (AvgIpc) is 2.87. The van der Waals surface area contributed by atoms with Crippen molar-refractivity contribution in [3.8, 4) is 16.9 Å². The minimum Gasteiger partial charge on any atom is -0.485 e. The summed E-state index contributed by atoms with van der Waals surface area (Å²) in [7, 11) is -3.48. The molecule has 192 valence electrons. The number of aromatic nitrogens is 1. The average molecular weight is 537 g/mol. The number of sulfonamides is 1. The van der Waals surface area contributed by atoms with Crippen molar-refractivity contribution >= 4 is 33.1 Å². The molecule has 7 nitrogen and oxygen atoms in total. The van der Waals surface area contributed by atoms with Crippen LogP contribution in [0.4, 0.5) is 20.3 Å². The number of pyridine rings is 1. The Morgan fingerprint density at radius 1 is 1.03 bits per heavy atom. The van der Waals surface area contributed by atoms with Crippen LogP contribution in [-0.4, -0.2) is 43.7 Å². The van der Waals surface area contributed by atoms with E-state index in [1.807, 2.05) is 0 Å². The highest BCUT2D eigenvalue weighted by Crippen LogP contribution is 2.30. The molecule has 2 aromatic carbocycles. The lowest BCUT2D eigenvalue weighted by molar-refractivity contribution is 0.241. The largest absolute Gasteiger partial charge is 0.485 e. The normalized spacial score (nSPS) is 14.5. The van der Waals surface area contributed by atoms with Crippen LogP contribution in [0.3, 0.4) is 0 Å². The fraction of sp³-hybridized carbons (Fsp3) is 0.320. The zero-order valence-electron chi connectivity index (χ0n) is 19.5. The van der Waals surface area contributed by atoms with Crippen LogP contribution in [0, 0.1) is 11.6 Å². The number of nitrogens with zero attached hydrogens (tertiary/aromatic N) is 2. The Morgan fingerprint density at radius 2 is 1.72 bits per heavy atom. The van der Waals surface area contributed by atoms with E-state index in [4.69, 9.17) is 22.1 Å². The summed E-state index contributed by atoms with van der Waals surface area (Å²) in [6, 6.07) is 10.3. The minimum absolute atomic E-state index is 0.0350. The monoisotopic (exact) mass is 536 g/mol. The van der Waals surface area contributed by atoms with Crippen LogP contribution in [-0.2, 0) is 16.6 Å². The third kappa shape index (κ3) is 6.63. The van der Waals surface area contributed by atoms with Gasteiger partial charge in [0, 0.05) is 29.6 Å². The van der Waals surface area contributed by atoms with Crippen molar-refractivity contribution in [3.63, 3.8) is 0 Å². The van der Waals surface area contributed by atoms with Crippen LogP contribution in [0.25, 0.3) is 11.1 Å². The molecule has 3 N–H and O–H groups in total. The van der Waals surface area contributed by atoms with Gasteiger partial charge in [-0.2, -0.15) is 0 Å². The van der Waals surface area contributed by atoms with Crippen molar-refractivity contribution in [2.45, 2.75) is 25.9 Å². The minimum atomic E-state index is -3.48. The third-order valence-corrected chi connectivity index (χ3v) is 7.68. The van der Waals surface area contributed by atoms with Crippen LogP contribution in [0.2, 0.25) is 5.02 Å². The Balaban J connectivity index is 1.41. The summed E-state index contributed by atoms with van der Waals surface area (Å²) < 4.78 is 60.9. The van der Waals surface area contributed by atoms with E-state index in [2.05, 4.69) is 14.6 Å². The number of hydrogen-bond acceptors (Lipinski definition) is 6. The van der Waals surface area contributed by atoms with Gasteiger partial charge in [0.25, 0.3) is 0 Å². The molecule has 0 amide bonds. The van der Waals surface area contributed by atoms with Crippen molar-refractivity contribution in [2.75, 3.05) is 35.8 Å². The number of piperidine rings is 1. The maximum atomic E-state index is 14.0. The number of hydrogen-bond donors (Lipinski definition) is 2. The van der Waals surface area contributed by atoms with Crippen LogP contribution >= 0.6 is 11.6 Å². The quantitative estimate of drug-likeness (QED) is 0.371. The molecular weight excluding hydrogens is 510 g/mol. The van der Waals surface area contributed by atoms with Crippen molar-refractivity contribution in [1.29, 1.82) is 0 Å². The Kier molecular flexibility index (Phi) is 8.28. The number of rotatable bonds is 9. The SMILES string of the molecule is Nc1ncc(-c2ccc(NS(=O)(=O)CCN3CCCCC3)cc2)cc1OCc1c(F)ccc(F)c1Cl. The van der Waals surface area contributed by atoms with E-state index in [0.29, 0.717) is 17.8 Å². The number of halogens is 3. The molecule has 4 rings (SSSR count). The molecule has 1 fully saturated rings. The highest BCUT2D eigenvalue weighted by atomic mass is 35.5. The number of likely N-dealkylation sites (tertiary alicyclic amines) is 1. The summed E-state index contributed by atoms with van der Waals surface area (Å²) in [4.78, 5) is 6.29. The predicted octanol–water partition coefficient (Wildman–Crippen LogP) is 5.07. The van der Waals surface area contributed by atoms with Gasteiger partial charge in [-0.25, -0.2) is 22.2 Å². The number of anilines is 2. The second-order valence-electron chi connectivity index (χ2n) is 8.62. The van der Waals surface area contributed by atoms with Gasteiger partial charge in [0.2, 0.25) is 10.0 Å². The standard InChI is InChI=1S/C25H27ClF2N4O3S/c26-24-20(21(27)8-9-22(24)28)16-35-23-14-18(15-30-25(23)29)17-4-6-19(7-5-17)31-36(33,34)13-12-32-10-2-1-3-11-32/h4-9,14-15,31H,1-3,10-13,16H2,(H2,29,30). The molecule has 0 aliphatic carbocycles.